The maximum atomic E-state index is 12.3. The van der Waals surface area contributed by atoms with Crippen molar-refractivity contribution in [1.82, 2.24) is 0 Å². The highest BCUT2D eigenvalue weighted by Gasteiger charge is 2.49. The fraction of sp³-hybridized carbons (Fsp3) is 0.500. The first-order valence-electron chi connectivity index (χ1n) is 6.32. The van der Waals surface area contributed by atoms with Crippen molar-refractivity contribution in [2.24, 2.45) is 11.3 Å². The van der Waals surface area contributed by atoms with E-state index < -0.39 is 11.4 Å². The number of amides is 1. The van der Waals surface area contributed by atoms with Crippen LogP contribution in [-0.2, 0) is 9.53 Å². The third kappa shape index (κ3) is 2.29. The van der Waals surface area contributed by atoms with Crippen LogP contribution in [0.25, 0.3) is 0 Å². The summed E-state index contributed by atoms with van der Waals surface area (Å²) in [5.74, 6) is -0.430. The number of anilines is 1. The van der Waals surface area contributed by atoms with E-state index in [2.05, 4.69) is 11.4 Å². The molecule has 1 amide bonds. The zero-order valence-electron chi connectivity index (χ0n) is 11.6. The van der Waals surface area contributed by atoms with E-state index in [4.69, 9.17) is 4.74 Å². The van der Waals surface area contributed by atoms with Crippen LogP contribution in [0.4, 0.5) is 5.69 Å². The Labute approximate surface area is 121 Å². The van der Waals surface area contributed by atoms with Crippen LogP contribution in [0.15, 0.2) is 5.38 Å². The Kier molecular flexibility index (Phi) is 3.82. The van der Waals surface area contributed by atoms with Crippen molar-refractivity contribution in [3.8, 4) is 6.07 Å². The third-order valence-electron chi connectivity index (χ3n) is 3.63. The molecule has 0 aromatic carbocycles. The quantitative estimate of drug-likeness (QED) is 0.869. The minimum atomic E-state index is -0.957. The Morgan fingerprint density at radius 3 is 2.70 bits per heavy atom. The number of hydrogen-bond acceptors (Lipinski definition) is 5. The summed E-state index contributed by atoms with van der Waals surface area (Å²) in [5, 5.41) is 13.8. The molecule has 1 aromatic rings. The Balaban J connectivity index is 2.23. The monoisotopic (exact) mass is 292 g/mol. The Morgan fingerprint density at radius 2 is 2.20 bits per heavy atom. The number of esters is 1. The van der Waals surface area contributed by atoms with E-state index >= 15 is 0 Å². The number of carbonyl (C=O) groups is 2. The molecule has 5 nitrogen and oxygen atoms in total. The molecule has 6 heteroatoms. The lowest BCUT2D eigenvalue weighted by atomic mass is 9.63. The summed E-state index contributed by atoms with van der Waals surface area (Å²) in [7, 11) is 1.30. The number of hydrogen-bond donors (Lipinski definition) is 1. The van der Waals surface area contributed by atoms with Gasteiger partial charge in [0.15, 0.2) is 0 Å². The molecule has 1 saturated carbocycles. The lowest BCUT2D eigenvalue weighted by Gasteiger charge is -2.39. The van der Waals surface area contributed by atoms with Gasteiger partial charge in [0.2, 0.25) is 5.91 Å². The van der Waals surface area contributed by atoms with Crippen molar-refractivity contribution in [3.63, 3.8) is 0 Å². The topological polar surface area (TPSA) is 79.2 Å². The summed E-state index contributed by atoms with van der Waals surface area (Å²) in [5.41, 5.74) is 0.298. The van der Waals surface area contributed by atoms with Crippen molar-refractivity contribution in [1.29, 1.82) is 5.26 Å². The Bertz CT molecular complexity index is 594. The first-order valence-corrected chi connectivity index (χ1v) is 7.20. The van der Waals surface area contributed by atoms with Gasteiger partial charge < -0.3 is 10.1 Å². The SMILES string of the molecule is COC(=O)c1scc(C)c1NC(=O)C1(C#N)CC(C)C1. The van der Waals surface area contributed by atoms with Crippen LogP contribution in [0.2, 0.25) is 0 Å². The van der Waals surface area contributed by atoms with Crippen molar-refractivity contribution < 1.29 is 14.3 Å². The predicted molar refractivity (Wildman–Crippen MR) is 75.5 cm³/mol. The van der Waals surface area contributed by atoms with Gasteiger partial charge in [0.05, 0.1) is 18.9 Å². The molecule has 0 spiro atoms. The largest absolute Gasteiger partial charge is 0.465 e. The van der Waals surface area contributed by atoms with E-state index in [0.717, 1.165) is 5.56 Å². The van der Waals surface area contributed by atoms with Gasteiger partial charge in [-0.25, -0.2) is 4.79 Å². The molecule has 2 rings (SSSR count). The lowest BCUT2D eigenvalue weighted by Crippen LogP contribution is -2.45. The standard InChI is InChI=1S/C14H16N2O3S/c1-8-4-14(5-8,7-15)13(18)16-10-9(2)6-20-11(10)12(17)19-3/h6,8H,4-5H2,1-3H3,(H,16,18). The molecule has 0 atom stereocenters. The first-order chi connectivity index (χ1) is 9.43. The highest BCUT2D eigenvalue weighted by Crippen LogP contribution is 2.46. The summed E-state index contributed by atoms with van der Waals surface area (Å²) in [6, 6.07) is 2.11. The number of aryl methyl sites for hydroxylation is 1. The second kappa shape index (κ2) is 5.25. The molecular weight excluding hydrogens is 276 g/mol. The molecule has 20 heavy (non-hydrogen) atoms. The van der Waals surface area contributed by atoms with Gasteiger partial charge in [0.1, 0.15) is 10.3 Å². The Morgan fingerprint density at radius 1 is 1.55 bits per heavy atom. The predicted octanol–water partition coefficient (Wildman–Crippen LogP) is 2.72. The van der Waals surface area contributed by atoms with Gasteiger partial charge >= 0.3 is 5.97 Å². The molecule has 0 aliphatic heterocycles. The molecule has 1 heterocycles. The van der Waals surface area contributed by atoms with Gasteiger partial charge in [0.25, 0.3) is 0 Å². The molecule has 0 radical (unpaired) electrons. The zero-order chi connectivity index (χ0) is 14.9. The molecule has 0 saturated heterocycles. The van der Waals surface area contributed by atoms with Gasteiger partial charge in [-0.15, -0.1) is 11.3 Å². The van der Waals surface area contributed by atoms with Gasteiger partial charge in [-0.2, -0.15) is 5.26 Å². The van der Waals surface area contributed by atoms with Crippen molar-refractivity contribution >= 4 is 28.9 Å². The minimum absolute atomic E-state index is 0.329. The van der Waals surface area contributed by atoms with Gasteiger partial charge in [-0.1, -0.05) is 6.92 Å². The van der Waals surface area contributed by atoms with E-state index in [1.807, 2.05) is 6.92 Å². The van der Waals surface area contributed by atoms with Crippen LogP contribution in [-0.4, -0.2) is 19.0 Å². The van der Waals surface area contributed by atoms with Gasteiger partial charge in [-0.05, 0) is 36.6 Å². The number of carbonyl (C=O) groups excluding carboxylic acids is 2. The molecule has 1 aliphatic carbocycles. The van der Waals surface area contributed by atoms with Crippen molar-refractivity contribution in [2.45, 2.75) is 26.7 Å². The average Bonchev–Trinajstić information content (AvgIpc) is 2.75. The summed E-state index contributed by atoms with van der Waals surface area (Å²) in [6.07, 6.45) is 1.12. The number of rotatable bonds is 3. The molecule has 1 aliphatic rings. The molecular formula is C14H16N2O3S. The second-order valence-corrected chi connectivity index (χ2v) is 6.16. The highest BCUT2D eigenvalue weighted by molar-refractivity contribution is 7.12. The molecule has 1 aromatic heterocycles. The lowest BCUT2D eigenvalue weighted by molar-refractivity contribution is -0.128. The van der Waals surface area contributed by atoms with Crippen LogP contribution in [0.5, 0.6) is 0 Å². The summed E-state index contributed by atoms with van der Waals surface area (Å²) >= 11 is 1.22. The normalized spacial score (nSPS) is 24.4. The van der Waals surface area contributed by atoms with Crippen LogP contribution in [0.1, 0.15) is 35.0 Å². The number of methoxy groups -OCH3 is 1. The number of nitrogens with zero attached hydrogens (tertiary/aromatic N) is 1. The van der Waals surface area contributed by atoms with Gasteiger partial charge in [-0.3, -0.25) is 4.79 Å². The smallest absolute Gasteiger partial charge is 0.350 e. The van der Waals surface area contributed by atoms with Crippen molar-refractivity contribution in [3.05, 3.63) is 15.8 Å². The molecule has 1 N–H and O–H groups in total. The van der Waals surface area contributed by atoms with Crippen LogP contribution in [0.3, 0.4) is 0 Å². The minimum Gasteiger partial charge on any atom is -0.465 e. The zero-order valence-corrected chi connectivity index (χ0v) is 12.5. The fourth-order valence-corrected chi connectivity index (χ4v) is 3.45. The second-order valence-electron chi connectivity index (χ2n) is 5.28. The molecule has 0 unspecified atom stereocenters. The van der Waals surface area contributed by atoms with E-state index in [1.54, 1.807) is 12.3 Å². The molecule has 106 valence electrons. The molecule has 0 bridgehead atoms. The summed E-state index contributed by atoms with van der Waals surface area (Å²) < 4.78 is 4.70. The van der Waals surface area contributed by atoms with Crippen LogP contribution >= 0.6 is 11.3 Å². The number of thiophene rings is 1. The van der Waals surface area contributed by atoms with Gasteiger partial charge in [0, 0.05) is 0 Å². The van der Waals surface area contributed by atoms with Crippen LogP contribution < -0.4 is 5.32 Å². The molecule has 1 fully saturated rings. The number of nitriles is 1. The van der Waals surface area contributed by atoms with Crippen LogP contribution in [0, 0.1) is 29.6 Å². The number of ether oxygens (including phenoxy) is 1. The van der Waals surface area contributed by atoms with E-state index in [9.17, 15) is 14.9 Å². The Hall–Kier alpha value is -1.87. The van der Waals surface area contributed by atoms with Crippen molar-refractivity contribution in [2.75, 3.05) is 12.4 Å². The van der Waals surface area contributed by atoms with E-state index in [-0.39, 0.29) is 5.91 Å². The van der Waals surface area contributed by atoms with E-state index in [1.165, 1.54) is 18.4 Å². The maximum Gasteiger partial charge on any atom is 0.350 e. The summed E-state index contributed by atoms with van der Waals surface area (Å²) in [6.45, 7) is 3.82. The third-order valence-corrected chi connectivity index (χ3v) is 4.70. The first kappa shape index (κ1) is 14.5. The summed E-state index contributed by atoms with van der Waals surface area (Å²) in [4.78, 5) is 24.3. The maximum absolute atomic E-state index is 12.3. The average molecular weight is 292 g/mol. The van der Waals surface area contributed by atoms with E-state index in [0.29, 0.717) is 29.3 Å². The highest BCUT2D eigenvalue weighted by atomic mass is 32.1. The number of nitrogens with one attached hydrogen (secondary N) is 1. The fourth-order valence-electron chi connectivity index (χ4n) is 2.53.